The summed E-state index contributed by atoms with van der Waals surface area (Å²) in [5, 5.41) is 0. The van der Waals surface area contributed by atoms with Crippen molar-refractivity contribution in [2.45, 2.75) is 19.4 Å². The summed E-state index contributed by atoms with van der Waals surface area (Å²) >= 11 is 0. The van der Waals surface area contributed by atoms with Crippen molar-refractivity contribution in [2.24, 2.45) is 0 Å². The highest BCUT2D eigenvalue weighted by atomic mass is 19.1. The number of ether oxygens (including phenoxy) is 2. The molecular formula is C17H17FO3. The van der Waals surface area contributed by atoms with Crippen molar-refractivity contribution in [3.8, 4) is 5.75 Å². The average Bonchev–Trinajstić information content (AvgIpc) is 2.51. The van der Waals surface area contributed by atoms with Crippen LogP contribution in [0.15, 0.2) is 48.5 Å². The molecule has 110 valence electrons. The standard InChI is InChI=1S/C17H17FO3/c1-20-17(19)8-7-14-9-15(18)11-16(10-14)21-12-13-5-3-2-4-6-13/h2-6,9-11H,7-8,12H2,1H3. The van der Waals surface area contributed by atoms with Gasteiger partial charge in [-0.1, -0.05) is 30.3 Å². The van der Waals surface area contributed by atoms with Crippen LogP contribution in [0.5, 0.6) is 5.75 Å². The quantitative estimate of drug-likeness (QED) is 0.763. The third-order valence-corrected chi connectivity index (χ3v) is 3.02. The summed E-state index contributed by atoms with van der Waals surface area (Å²) in [6.45, 7) is 0.376. The highest BCUT2D eigenvalue weighted by Gasteiger charge is 2.06. The molecule has 4 heteroatoms. The molecule has 0 bridgehead atoms. The number of methoxy groups -OCH3 is 1. The maximum Gasteiger partial charge on any atom is 0.305 e. The van der Waals surface area contributed by atoms with Crippen molar-refractivity contribution in [2.75, 3.05) is 7.11 Å². The summed E-state index contributed by atoms with van der Waals surface area (Å²) in [5.74, 6) is -0.231. The number of esters is 1. The second kappa shape index (κ2) is 7.43. The lowest BCUT2D eigenvalue weighted by atomic mass is 10.1. The van der Waals surface area contributed by atoms with Crippen LogP contribution in [0.4, 0.5) is 4.39 Å². The summed E-state index contributed by atoms with van der Waals surface area (Å²) in [6, 6.07) is 14.1. The molecule has 2 aromatic rings. The Kier molecular flexibility index (Phi) is 5.32. The first-order valence-corrected chi connectivity index (χ1v) is 6.70. The molecule has 2 rings (SSSR count). The van der Waals surface area contributed by atoms with E-state index < -0.39 is 0 Å². The van der Waals surface area contributed by atoms with Gasteiger partial charge in [0.1, 0.15) is 18.2 Å². The Morgan fingerprint density at radius 2 is 1.86 bits per heavy atom. The minimum Gasteiger partial charge on any atom is -0.489 e. The third-order valence-electron chi connectivity index (χ3n) is 3.02. The van der Waals surface area contributed by atoms with Crippen molar-refractivity contribution in [1.29, 1.82) is 0 Å². The fraction of sp³-hybridized carbons (Fsp3) is 0.235. The predicted molar refractivity (Wildman–Crippen MR) is 77.5 cm³/mol. The van der Waals surface area contributed by atoms with Crippen LogP contribution in [-0.4, -0.2) is 13.1 Å². The summed E-state index contributed by atoms with van der Waals surface area (Å²) in [6.07, 6.45) is 0.643. The lowest BCUT2D eigenvalue weighted by Gasteiger charge is -2.09. The van der Waals surface area contributed by atoms with E-state index in [4.69, 9.17) is 4.74 Å². The van der Waals surface area contributed by atoms with Crippen LogP contribution in [0.1, 0.15) is 17.5 Å². The Morgan fingerprint density at radius 3 is 2.57 bits per heavy atom. The molecule has 0 heterocycles. The molecule has 0 saturated heterocycles. The van der Waals surface area contributed by atoms with E-state index in [1.165, 1.54) is 19.2 Å². The van der Waals surface area contributed by atoms with Crippen LogP contribution in [0.3, 0.4) is 0 Å². The maximum absolute atomic E-state index is 13.6. The van der Waals surface area contributed by atoms with Gasteiger partial charge >= 0.3 is 5.97 Å². The van der Waals surface area contributed by atoms with E-state index in [0.29, 0.717) is 24.3 Å². The summed E-state index contributed by atoms with van der Waals surface area (Å²) < 4.78 is 23.7. The zero-order valence-electron chi connectivity index (χ0n) is 11.8. The number of halogens is 1. The van der Waals surface area contributed by atoms with Crippen molar-refractivity contribution >= 4 is 5.97 Å². The SMILES string of the molecule is COC(=O)CCc1cc(F)cc(OCc2ccccc2)c1. The van der Waals surface area contributed by atoms with Gasteiger partial charge in [0, 0.05) is 12.5 Å². The van der Waals surface area contributed by atoms with Crippen LogP contribution in [-0.2, 0) is 22.6 Å². The van der Waals surface area contributed by atoms with Gasteiger partial charge in [0.05, 0.1) is 7.11 Å². The van der Waals surface area contributed by atoms with Crippen molar-refractivity contribution in [3.63, 3.8) is 0 Å². The molecule has 0 N–H and O–H groups in total. The Balaban J connectivity index is 1.99. The lowest BCUT2D eigenvalue weighted by Crippen LogP contribution is -2.02. The second-order valence-electron chi connectivity index (χ2n) is 4.65. The second-order valence-corrected chi connectivity index (χ2v) is 4.65. The van der Waals surface area contributed by atoms with Crippen LogP contribution in [0.2, 0.25) is 0 Å². The van der Waals surface area contributed by atoms with Gasteiger partial charge in [0.25, 0.3) is 0 Å². The third kappa shape index (κ3) is 4.91. The Morgan fingerprint density at radius 1 is 1.10 bits per heavy atom. The van der Waals surface area contributed by atoms with E-state index in [9.17, 15) is 9.18 Å². The van der Waals surface area contributed by atoms with Crippen LogP contribution >= 0.6 is 0 Å². The van der Waals surface area contributed by atoms with E-state index in [1.807, 2.05) is 30.3 Å². The molecule has 0 saturated carbocycles. The van der Waals surface area contributed by atoms with Gasteiger partial charge < -0.3 is 9.47 Å². The topological polar surface area (TPSA) is 35.5 Å². The van der Waals surface area contributed by atoms with Crippen molar-refractivity contribution in [3.05, 3.63) is 65.5 Å². The van der Waals surface area contributed by atoms with Gasteiger partial charge in [-0.25, -0.2) is 4.39 Å². The van der Waals surface area contributed by atoms with Gasteiger partial charge in [0.2, 0.25) is 0 Å². The molecule has 0 atom stereocenters. The lowest BCUT2D eigenvalue weighted by molar-refractivity contribution is -0.140. The Labute approximate surface area is 123 Å². The number of rotatable bonds is 6. The molecule has 0 radical (unpaired) electrons. The van der Waals surface area contributed by atoms with Crippen LogP contribution in [0, 0.1) is 5.82 Å². The molecule has 0 aliphatic heterocycles. The molecular weight excluding hydrogens is 271 g/mol. The highest BCUT2D eigenvalue weighted by Crippen LogP contribution is 2.19. The van der Waals surface area contributed by atoms with E-state index in [0.717, 1.165) is 5.56 Å². The molecule has 0 amide bonds. The normalized spacial score (nSPS) is 10.2. The summed E-state index contributed by atoms with van der Waals surface area (Å²) in [4.78, 5) is 11.1. The van der Waals surface area contributed by atoms with E-state index in [1.54, 1.807) is 6.07 Å². The first-order chi connectivity index (χ1) is 10.2. The van der Waals surface area contributed by atoms with Gasteiger partial charge in [-0.2, -0.15) is 0 Å². The highest BCUT2D eigenvalue weighted by molar-refractivity contribution is 5.69. The largest absolute Gasteiger partial charge is 0.489 e. The number of carbonyl (C=O) groups is 1. The zero-order chi connectivity index (χ0) is 15.1. The van der Waals surface area contributed by atoms with Gasteiger partial charge in [-0.15, -0.1) is 0 Å². The Bertz CT molecular complexity index is 596. The molecule has 0 fully saturated rings. The fourth-order valence-corrected chi connectivity index (χ4v) is 1.94. The number of benzene rings is 2. The maximum atomic E-state index is 13.6. The number of hydrogen-bond acceptors (Lipinski definition) is 3. The van der Waals surface area contributed by atoms with Crippen molar-refractivity contribution in [1.82, 2.24) is 0 Å². The predicted octanol–water partition coefficient (Wildman–Crippen LogP) is 3.51. The molecule has 21 heavy (non-hydrogen) atoms. The number of aryl methyl sites for hydroxylation is 1. The van der Waals surface area contributed by atoms with Gasteiger partial charge in [-0.05, 0) is 29.7 Å². The molecule has 0 aromatic heterocycles. The van der Waals surface area contributed by atoms with Gasteiger partial charge in [-0.3, -0.25) is 4.79 Å². The van der Waals surface area contributed by atoms with E-state index in [-0.39, 0.29) is 18.2 Å². The van der Waals surface area contributed by atoms with E-state index in [2.05, 4.69) is 4.74 Å². The molecule has 0 aliphatic rings. The molecule has 0 unspecified atom stereocenters. The molecule has 0 aliphatic carbocycles. The fourth-order valence-electron chi connectivity index (χ4n) is 1.94. The van der Waals surface area contributed by atoms with Crippen LogP contribution in [0.25, 0.3) is 0 Å². The average molecular weight is 288 g/mol. The monoisotopic (exact) mass is 288 g/mol. The molecule has 3 nitrogen and oxygen atoms in total. The minimum atomic E-state index is -0.375. The smallest absolute Gasteiger partial charge is 0.305 e. The number of hydrogen-bond donors (Lipinski definition) is 0. The summed E-state index contributed by atoms with van der Waals surface area (Å²) in [7, 11) is 1.34. The summed E-state index contributed by atoms with van der Waals surface area (Å²) in [5.41, 5.74) is 1.72. The van der Waals surface area contributed by atoms with E-state index >= 15 is 0 Å². The minimum absolute atomic E-state index is 0.220. The Hall–Kier alpha value is -2.36. The molecule has 0 spiro atoms. The first-order valence-electron chi connectivity index (χ1n) is 6.70. The van der Waals surface area contributed by atoms with Crippen LogP contribution < -0.4 is 4.74 Å². The van der Waals surface area contributed by atoms with Crippen molar-refractivity contribution < 1.29 is 18.7 Å². The number of carbonyl (C=O) groups excluding carboxylic acids is 1. The zero-order valence-corrected chi connectivity index (χ0v) is 11.8. The molecule has 2 aromatic carbocycles. The first kappa shape index (κ1) is 15.0. The van der Waals surface area contributed by atoms with Gasteiger partial charge in [0.15, 0.2) is 0 Å².